The second-order valence-electron chi connectivity index (χ2n) is 5.73. The van der Waals surface area contributed by atoms with Gasteiger partial charge in [-0.2, -0.15) is 5.10 Å². The van der Waals surface area contributed by atoms with Crippen molar-refractivity contribution in [1.29, 1.82) is 0 Å². The third-order valence-corrected chi connectivity index (χ3v) is 3.96. The number of carbonyl (C=O) groups excluding carboxylic acids is 1. The summed E-state index contributed by atoms with van der Waals surface area (Å²) in [5.41, 5.74) is 4.70. The molecule has 3 aromatic carbocycles. The SMILES string of the molecule is O=C(NN=Cc1ccc(OCc2ccc(Cl)cc2)cc1)c1ccc(O)cc1. The zero-order chi connectivity index (χ0) is 19.1. The first-order chi connectivity index (χ1) is 13.1. The van der Waals surface area contributed by atoms with Crippen LogP contribution in [0.2, 0.25) is 5.02 Å². The van der Waals surface area contributed by atoms with Crippen molar-refractivity contribution >= 4 is 23.7 Å². The molecule has 0 saturated heterocycles. The summed E-state index contributed by atoms with van der Waals surface area (Å²) in [5, 5.41) is 13.8. The van der Waals surface area contributed by atoms with Gasteiger partial charge in [0.05, 0.1) is 6.21 Å². The quantitative estimate of drug-likeness (QED) is 0.492. The van der Waals surface area contributed by atoms with Gasteiger partial charge in [0.2, 0.25) is 0 Å². The van der Waals surface area contributed by atoms with Crippen LogP contribution in [0.25, 0.3) is 0 Å². The van der Waals surface area contributed by atoms with Gasteiger partial charge in [-0.1, -0.05) is 23.7 Å². The summed E-state index contributed by atoms with van der Waals surface area (Å²) in [5.74, 6) is 0.484. The maximum atomic E-state index is 11.9. The fraction of sp³-hybridized carbons (Fsp3) is 0.0476. The number of hydrogen-bond acceptors (Lipinski definition) is 4. The van der Waals surface area contributed by atoms with Crippen molar-refractivity contribution in [1.82, 2.24) is 5.43 Å². The lowest BCUT2D eigenvalue weighted by molar-refractivity contribution is 0.0955. The zero-order valence-electron chi connectivity index (χ0n) is 14.3. The van der Waals surface area contributed by atoms with Crippen LogP contribution in [0.4, 0.5) is 0 Å². The first-order valence-electron chi connectivity index (χ1n) is 8.20. The van der Waals surface area contributed by atoms with Crippen molar-refractivity contribution in [2.45, 2.75) is 6.61 Å². The number of nitrogens with zero attached hydrogens (tertiary/aromatic N) is 1. The molecule has 0 fully saturated rings. The van der Waals surface area contributed by atoms with Crippen molar-refractivity contribution in [3.8, 4) is 11.5 Å². The Morgan fingerprint density at radius 3 is 2.33 bits per heavy atom. The molecule has 0 spiro atoms. The van der Waals surface area contributed by atoms with E-state index in [9.17, 15) is 9.90 Å². The van der Waals surface area contributed by atoms with Gasteiger partial charge in [0.15, 0.2) is 0 Å². The first-order valence-corrected chi connectivity index (χ1v) is 8.58. The summed E-state index contributed by atoms with van der Waals surface area (Å²) in [6.07, 6.45) is 1.54. The minimum absolute atomic E-state index is 0.105. The fourth-order valence-electron chi connectivity index (χ4n) is 2.24. The van der Waals surface area contributed by atoms with E-state index in [1.807, 2.05) is 48.5 Å². The molecule has 0 unspecified atom stereocenters. The minimum Gasteiger partial charge on any atom is -0.508 e. The van der Waals surface area contributed by atoms with Crippen LogP contribution in [0.15, 0.2) is 77.9 Å². The average molecular weight is 381 g/mol. The molecule has 2 N–H and O–H groups in total. The molecule has 136 valence electrons. The Kier molecular flexibility index (Phi) is 6.07. The number of hydrogen-bond donors (Lipinski definition) is 2. The number of nitrogens with one attached hydrogen (secondary N) is 1. The number of aromatic hydroxyl groups is 1. The molecule has 1 amide bonds. The summed E-state index contributed by atoms with van der Waals surface area (Å²) in [7, 11) is 0. The first kappa shape index (κ1) is 18.5. The molecule has 0 aliphatic heterocycles. The highest BCUT2D eigenvalue weighted by atomic mass is 35.5. The third kappa shape index (κ3) is 5.59. The number of amides is 1. The van der Waals surface area contributed by atoms with Gasteiger partial charge in [0.1, 0.15) is 18.1 Å². The van der Waals surface area contributed by atoms with Crippen LogP contribution in [0, 0.1) is 0 Å². The van der Waals surface area contributed by atoms with Crippen LogP contribution in [0.1, 0.15) is 21.5 Å². The number of rotatable bonds is 6. The standard InChI is InChI=1S/C21H17ClN2O3/c22-18-7-1-16(2-8-18)14-27-20-11-3-15(4-12-20)13-23-24-21(26)17-5-9-19(25)10-6-17/h1-13,25H,14H2,(H,24,26). The molecule has 0 aromatic heterocycles. The van der Waals surface area contributed by atoms with Crippen LogP contribution in [0.3, 0.4) is 0 Å². The number of carbonyl (C=O) groups is 1. The van der Waals surface area contributed by atoms with Gasteiger partial charge in [-0.3, -0.25) is 4.79 Å². The van der Waals surface area contributed by atoms with E-state index in [0.717, 1.165) is 16.9 Å². The Morgan fingerprint density at radius 2 is 1.67 bits per heavy atom. The Morgan fingerprint density at radius 1 is 1.00 bits per heavy atom. The van der Waals surface area contributed by atoms with Crippen LogP contribution in [-0.4, -0.2) is 17.2 Å². The second kappa shape index (κ2) is 8.87. The molecule has 0 radical (unpaired) electrons. The lowest BCUT2D eigenvalue weighted by Crippen LogP contribution is -2.17. The van der Waals surface area contributed by atoms with Crippen LogP contribution < -0.4 is 10.2 Å². The van der Waals surface area contributed by atoms with Gasteiger partial charge in [-0.25, -0.2) is 5.43 Å². The van der Waals surface area contributed by atoms with E-state index in [1.165, 1.54) is 24.3 Å². The number of phenols is 1. The maximum Gasteiger partial charge on any atom is 0.271 e. The Bertz CT molecular complexity index is 921. The highest BCUT2D eigenvalue weighted by Crippen LogP contribution is 2.15. The van der Waals surface area contributed by atoms with Crippen LogP contribution in [-0.2, 0) is 6.61 Å². The molecule has 0 saturated carbocycles. The van der Waals surface area contributed by atoms with E-state index in [2.05, 4.69) is 10.5 Å². The molecule has 0 heterocycles. The zero-order valence-corrected chi connectivity index (χ0v) is 15.1. The predicted molar refractivity (Wildman–Crippen MR) is 105 cm³/mol. The number of halogens is 1. The van der Waals surface area contributed by atoms with Gasteiger partial charge in [0.25, 0.3) is 5.91 Å². The van der Waals surface area contributed by atoms with Gasteiger partial charge in [-0.05, 0) is 71.8 Å². The molecule has 27 heavy (non-hydrogen) atoms. The molecular formula is C21H17ClN2O3. The van der Waals surface area contributed by atoms with E-state index < -0.39 is 0 Å². The molecule has 0 bridgehead atoms. The van der Waals surface area contributed by atoms with Crippen molar-refractivity contribution in [2.75, 3.05) is 0 Å². The maximum absolute atomic E-state index is 11.9. The summed E-state index contributed by atoms with van der Waals surface area (Å²) in [4.78, 5) is 11.9. The largest absolute Gasteiger partial charge is 0.508 e. The number of benzene rings is 3. The van der Waals surface area contributed by atoms with Gasteiger partial charge < -0.3 is 9.84 Å². The number of ether oxygens (including phenoxy) is 1. The van der Waals surface area contributed by atoms with Gasteiger partial charge in [-0.15, -0.1) is 0 Å². The number of phenolic OH excluding ortho intramolecular Hbond substituents is 1. The van der Waals surface area contributed by atoms with E-state index in [0.29, 0.717) is 17.2 Å². The van der Waals surface area contributed by atoms with Crippen molar-refractivity contribution in [3.05, 3.63) is 94.5 Å². The monoisotopic (exact) mass is 380 g/mol. The number of hydrazone groups is 1. The van der Waals surface area contributed by atoms with E-state index in [1.54, 1.807) is 6.21 Å². The third-order valence-electron chi connectivity index (χ3n) is 3.71. The summed E-state index contributed by atoms with van der Waals surface area (Å²) in [6.45, 7) is 0.452. The smallest absolute Gasteiger partial charge is 0.271 e. The summed E-state index contributed by atoms with van der Waals surface area (Å²) in [6, 6.07) is 20.8. The summed E-state index contributed by atoms with van der Waals surface area (Å²) < 4.78 is 5.72. The van der Waals surface area contributed by atoms with Gasteiger partial charge in [0, 0.05) is 10.6 Å². The molecule has 3 rings (SSSR count). The topological polar surface area (TPSA) is 70.9 Å². The fourth-order valence-corrected chi connectivity index (χ4v) is 2.37. The molecule has 5 nitrogen and oxygen atoms in total. The Balaban J connectivity index is 1.50. The molecule has 0 atom stereocenters. The normalized spacial score (nSPS) is 10.7. The second-order valence-corrected chi connectivity index (χ2v) is 6.17. The lowest BCUT2D eigenvalue weighted by Gasteiger charge is -2.06. The molecule has 0 aliphatic carbocycles. The lowest BCUT2D eigenvalue weighted by atomic mass is 10.2. The minimum atomic E-state index is -0.353. The van der Waals surface area contributed by atoms with E-state index >= 15 is 0 Å². The highest BCUT2D eigenvalue weighted by molar-refractivity contribution is 6.30. The molecule has 0 aliphatic rings. The van der Waals surface area contributed by atoms with E-state index in [4.69, 9.17) is 16.3 Å². The average Bonchev–Trinajstić information content (AvgIpc) is 2.69. The van der Waals surface area contributed by atoms with Crippen molar-refractivity contribution in [2.24, 2.45) is 5.10 Å². The highest BCUT2D eigenvalue weighted by Gasteiger charge is 2.03. The molecule has 3 aromatic rings. The van der Waals surface area contributed by atoms with E-state index in [-0.39, 0.29) is 11.7 Å². The Hall–Kier alpha value is -3.31. The molecule has 6 heteroatoms. The molecular weight excluding hydrogens is 364 g/mol. The van der Waals surface area contributed by atoms with Crippen LogP contribution in [0.5, 0.6) is 11.5 Å². The van der Waals surface area contributed by atoms with Crippen molar-refractivity contribution < 1.29 is 14.6 Å². The van der Waals surface area contributed by atoms with Crippen molar-refractivity contribution in [3.63, 3.8) is 0 Å². The Labute approximate surface area is 161 Å². The van der Waals surface area contributed by atoms with Crippen LogP contribution >= 0.6 is 11.6 Å². The van der Waals surface area contributed by atoms with Gasteiger partial charge >= 0.3 is 0 Å². The summed E-state index contributed by atoms with van der Waals surface area (Å²) >= 11 is 5.86. The predicted octanol–water partition coefficient (Wildman–Crippen LogP) is 4.39.